The number of rotatable bonds is 3. The molecule has 4 N–H and O–H groups in total. The maximum atomic E-state index is 12.3. The Morgan fingerprint density at radius 2 is 1.62 bits per heavy atom. The van der Waals surface area contributed by atoms with Crippen LogP contribution in [0.3, 0.4) is 0 Å². The predicted molar refractivity (Wildman–Crippen MR) is 94.1 cm³/mol. The number of benzene rings is 2. The van der Waals surface area contributed by atoms with Crippen molar-refractivity contribution in [3.63, 3.8) is 0 Å². The summed E-state index contributed by atoms with van der Waals surface area (Å²) in [4.78, 5) is 28.2. The number of aryl methyl sites for hydroxylation is 1. The zero-order chi connectivity index (χ0) is 17.1. The molecule has 0 atom stereocenters. The maximum Gasteiger partial charge on any atom is 0.323 e. The Labute approximate surface area is 138 Å². The number of carbonyl (C=O) groups excluding carboxylic acids is 2. The minimum Gasteiger partial charge on any atom is -0.366 e. The summed E-state index contributed by atoms with van der Waals surface area (Å²) >= 11 is 0. The highest BCUT2D eigenvalue weighted by atomic mass is 16.2. The molecule has 6 heteroatoms. The smallest absolute Gasteiger partial charge is 0.323 e. The van der Waals surface area contributed by atoms with Gasteiger partial charge in [-0.1, -0.05) is 30.3 Å². The number of para-hydroxylation sites is 2. The average molecular weight is 320 g/mol. The minimum absolute atomic E-state index is 0.253. The van der Waals surface area contributed by atoms with E-state index >= 15 is 0 Å². The molecule has 24 heavy (non-hydrogen) atoms. The van der Waals surface area contributed by atoms with Gasteiger partial charge in [-0.05, 0) is 31.2 Å². The number of nitrogens with one attached hydrogen (secondary N) is 2. The highest BCUT2D eigenvalue weighted by Crippen LogP contribution is 2.23. The largest absolute Gasteiger partial charge is 0.366 e. The molecular formula is C18H16N4O2. The maximum absolute atomic E-state index is 12.3. The third kappa shape index (κ3) is 3.17. The van der Waals surface area contributed by atoms with Crippen molar-refractivity contribution >= 4 is 34.2 Å². The third-order valence-electron chi connectivity index (χ3n) is 3.53. The topological polar surface area (TPSA) is 97.1 Å². The highest BCUT2D eigenvalue weighted by Gasteiger charge is 2.12. The molecule has 0 aliphatic heterocycles. The number of urea groups is 1. The second kappa shape index (κ2) is 6.37. The van der Waals surface area contributed by atoms with Crippen molar-refractivity contribution in [2.45, 2.75) is 6.92 Å². The Morgan fingerprint density at radius 1 is 0.958 bits per heavy atom. The molecule has 1 aromatic heterocycles. The van der Waals surface area contributed by atoms with E-state index < -0.39 is 11.9 Å². The number of carbonyl (C=O) groups is 2. The number of anilines is 2. The molecule has 1 heterocycles. The second-order valence-corrected chi connectivity index (χ2v) is 5.32. The van der Waals surface area contributed by atoms with E-state index in [-0.39, 0.29) is 5.56 Å². The summed E-state index contributed by atoms with van der Waals surface area (Å²) < 4.78 is 0. The van der Waals surface area contributed by atoms with Gasteiger partial charge in [0.05, 0.1) is 22.5 Å². The van der Waals surface area contributed by atoms with E-state index in [0.717, 1.165) is 16.6 Å². The van der Waals surface area contributed by atoms with Crippen molar-refractivity contribution in [2.75, 3.05) is 10.6 Å². The van der Waals surface area contributed by atoms with E-state index in [1.54, 1.807) is 30.3 Å². The van der Waals surface area contributed by atoms with Crippen LogP contribution in [-0.2, 0) is 0 Å². The van der Waals surface area contributed by atoms with E-state index in [1.807, 2.05) is 31.2 Å². The Bertz CT molecular complexity index is 937. The SMILES string of the molecule is Cc1cc(NC(=O)Nc2ccccc2C(N)=O)c2ccccc2n1. The van der Waals surface area contributed by atoms with Crippen molar-refractivity contribution in [3.05, 3.63) is 65.9 Å². The lowest BCUT2D eigenvalue weighted by atomic mass is 10.1. The van der Waals surface area contributed by atoms with Gasteiger partial charge < -0.3 is 16.4 Å². The standard InChI is InChI=1S/C18H16N4O2/c1-11-10-16(12-6-2-4-8-14(12)20-11)22-18(24)21-15-9-5-3-7-13(15)17(19)23/h2-10H,1H3,(H2,19,23)(H2,20,21,22,24). The second-order valence-electron chi connectivity index (χ2n) is 5.32. The molecular weight excluding hydrogens is 304 g/mol. The van der Waals surface area contributed by atoms with Gasteiger partial charge in [0.1, 0.15) is 0 Å². The quantitative estimate of drug-likeness (QED) is 0.690. The zero-order valence-corrected chi connectivity index (χ0v) is 13.0. The Hall–Kier alpha value is -3.41. The fraction of sp³-hybridized carbons (Fsp3) is 0.0556. The summed E-state index contributed by atoms with van der Waals surface area (Å²) in [5.74, 6) is -0.601. The molecule has 3 amide bonds. The van der Waals surface area contributed by atoms with Crippen LogP contribution in [0.25, 0.3) is 10.9 Å². The van der Waals surface area contributed by atoms with E-state index in [2.05, 4.69) is 15.6 Å². The number of fused-ring (bicyclic) bond motifs is 1. The molecule has 0 radical (unpaired) electrons. The van der Waals surface area contributed by atoms with Crippen LogP contribution in [0.15, 0.2) is 54.6 Å². The van der Waals surface area contributed by atoms with Gasteiger partial charge >= 0.3 is 6.03 Å². The molecule has 2 aromatic carbocycles. The van der Waals surface area contributed by atoms with Gasteiger partial charge in [-0.25, -0.2) is 4.79 Å². The van der Waals surface area contributed by atoms with Gasteiger partial charge in [0.25, 0.3) is 5.91 Å². The van der Waals surface area contributed by atoms with Crippen LogP contribution in [0.2, 0.25) is 0 Å². The first-order valence-electron chi connectivity index (χ1n) is 7.38. The summed E-state index contributed by atoms with van der Waals surface area (Å²) in [6.07, 6.45) is 0. The van der Waals surface area contributed by atoms with Crippen LogP contribution >= 0.6 is 0 Å². The number of primary amides is 1. The number of aromatic nitrogens is 1. The lowest BCUT2D eigenvalue weighted by molar-refractivity contribution is 0.100. The van der Waals surface area contributed by atoms with Crippen molar-refractivity contribution < 1.29 is 9.59 Å². The average Bonchev–Trinajstić information content (AvgIpc) is 2.55. The van der Waals surface area contributed by atoms with Gasteiger partial charge in [0.2, 0.25) is 0 Å². The number of hydrogen-bond donors (Lipinski definition) is 3. The molecule has 6 nitrogen and oxygen atoms in total. The number of pyridine rings is 1. The number of hydrogen-bond acceptors (Lipinski definition) is 3. The van der Waals surface area contributed by atoms with Crippen molar-refractivity contribution in [3.8, 4) is 0 Å². The molecule has 0 aliphatic carbocycles. The van der Waals surface area contributed by atoms with Gasteiger partial charge in [-0.3, -0.25) is 9.78 Å². The number of nitrogens with zero attached hydrogens (tertiary/aromatic N) is 1. The molecule has 0 bridgehead atoms. The molecule has 0 saturated heterocycles. The minimum atomic E-state index is -0.601. The van der Waals surface area contributed by atoms with Crippen molar-refractivity contribution in [1.29, 1.82) is 0 Å². The van der Waals surface area contributed by atoms with Crippen LogP contribution < -0.4 is 16.4 Å². The first-order chi connectivity index (χ1) is 11.5. The fourth-order valence-electron chi connectivity index (χ4n) is 2.49. The molecule has 0 aliphatic rings. The van der Waals surface area contributed by atoms with E-state index in [4.69, 9.17) is 5.73 Å². The third-order valence-corrected chi connectivity index (χ3v) is 3.53. The molecule has 0 spiro atoms. The normalized spacial score (nSPS) is 10.4. The van der Waals surface area contributed by atoms with Crippen LogP contribution in [0.5, 0.6) is 0 Å². The lowest BCUT2D eigenvalue weighted by Crippen LogP contribution is -2.22. The molecule has 3 aromatic rings. The number of amides is 3. The number of nitrogens with two attached hydrogens (primary N) is 1. The van der Waals surface area contributed by atoms with Crippen LogP contribution in [-0.4, -0.2) is 16.9 Å². The van der Waals surface area contributed by atoms with Crippen LogP contribution in [0, 0.1) is 6.92 Å². The highest BCUT2D eigenvalue weighted by molar-refractivity contribution is 6.08. The van der Waals surface area contributed by atoms with Gasteiger partial charge in [0, 0.05) is 11.1 Å². The first-order valence-corrected chi connectivity index (χ1v) is 7.38. The van der Waals surface area contributed by atoms with Crippen LogP contribution in [0.1, 0.15) is 16.1 Å². The van der Waals surface area contributed by atoms with Crippen molar-refractivity contribution in [1.82, 2.24) is 4.98 Å². The fourth-order valence-corrected chi connectivity index (χ4v) is 2.49. The Balaban J connectivity index is 1.88. The van der Waals surface area contributed by atoms with Gasteiger partial charge in [-0.2, -0.15) is 0 Å². The monoisotopic (exact) mass is 320 g/mol. The van der Waals surface area contributed by atoms with Crippen molar-refractivity contribution in [2.24, 2.45) is 5.73 Å². The summed E-state index contributed by atoms with van der Waals surface area (Å²) in [6, 6.07) is 15.5. The summed E-state index contributed by atoms with van der Waals surface area (Å²) in [7, 11) is 0. The molecule has 0 unspecified atom stereocenters. The van der Waals surface area contributed by atoms with E-state index in [1.165, 1.54) is 0 Å². The molecule has 0 saturated carbocycles. The van der Waals surface area contributed by atoms with Crippen LogP contribution in [0.4, 0.5) is 16.2 Å². The Morgan fingerprint density at radius 3 is 2.42 bits per heavy atom. The zero-order valence-electron chi connectivity index (χ0n) is 13.0. The van der Waals surface area contributed by atoms with E-state index in [9.17, 15) is 9.59 Å². The molecule has 120 valence electrons. The Kier molecular flexibility index (Phi) is 4.11. The van der Waals surface area contributed by atoms with E-state index in [0.29, 0.717) is 11.4 Å². The summed E-state index contributed by atoms with van der Waals surface area (Å²) in [6.45, 7) is 1.86. The molecule has 0 fully saturated rings. The first kappa shape index (κ1) is 15.5. The van der Waals surface area contributed by atoms with Gasteiger partial charge in [0.15, 0.2) is 0 Å². The van der Waals surface area contributed by atoms with Gasteiger partial charge in [-0.15, -0.1) is 0 Å². The predicted octanol–water partition coefficient (Wildman–Crippen LogP) is 3.29. The summed E-state index contributed by atoms with van der Waals surface area (Å²) in [5, 5.41) is 6.29. The molecule has 3 rings (SSSR count). The summed E-state index contributed by atoms with van der Waals surface area (Å²) in [5.41, 5.74) is 8.17. The lowest BCUT2D eigenvalue weighted by Gasteiger charge is -2.12.